The maximum atomic E-state index is 12.0. The number of hydrogen-bond acceptors (Lipinski definition) is 4. The number of nitrogens with zero attached hydrogens (tertiary/aromatic N) is 1. The molecule has 2 aromatic rings. The maximum Gasteiger partial charge on any atom is 0.349 e. The lowest BCUT2D eigenvalue weighted by Crippen LogP contribution is -2.13. The second kappa shape index (κ2) is 9.29. The average molecular weight is 335 g/mol. The van der Waals surface area contributed by atoms with Crippen molar-refractivity contribution in [2.75, 3.05) is 13.2 Å². The maximum absolute atomic E-state index is 12.0. The topological polar surface area (TPSA) is 59.3 Å². The molecule has 4 nitrogen and oxygen atoms in total. The zero-order chi connectivity index (χ0) is 18.1. The Balaban J connectivity index is 1.88. The Kier molecular flexibility index (Phi) is 6.79. The lowest BCUT2D eigenvalue weighted by atomic mass is 10.0. The van der Waals surface area contributed by atoms with Gasteiger partial charge in [0.1, 0.15) is 30.6 Å². The summed E-state index contributed by atoms with van der Waals surface area (Å²) in [5.74, 6) is 0.495. The number of nitriles is 1. The minimum absolute atomic E-state index is 0.0305. The third-order valence-electron chi connectivity index (χ3n) is 3.58. The molecule has 0 aliphatic heterocycles. The lowest BCUT2D eigenvalue weighted by molar-refractivity contribution is -0.139. The number of hydrogen-bond donors (Lipinski definition) is 0. The van der Waals surface area contributed by atoms with Gasteiger partial charge in [0.15, 0.2) is 0 Å². The second-order valence-corrected chi connectivity index (χ2v) is 5.79. The number of para-hydroxylation sites is 1. The molecule has 0 unspecified atom stereocenters. The Morgan fingerprint density at radius 3 is 2.36 bits per heavy atom. The highest BCUT2D eigenvalue weighted by molar-refractivity contribution is 5.97. The molecule has 0 radical (unpaired) electrons. The van der Waals surface area contributed by atoms with E-state index in [0.717, 1.165) is 5.56 Å². The number of esters is 1. The molecule has 2 rings (SSSR count). The van der Waals surface area contributed by atoms with E-state index in [-0.39, 0.29) is 18.8 Å². The van der Waals surface area contributed by atoms with Crippen LogP contribution in [-0.2, 0) is 9.53 Å². The van der Waals surface area contributed by atoms with Gasteiger partial charge < -0.3 is 9.47 Å². The number of carbonyl (C=O) groups excluding carboxylic acids is 1. The van der Waals surface area contributed by atoms with E-state index in [4.69, 9.17) is 9.47 Å². The van der Waals surface area contributed by atoms with Gasteiger partial charge in [-0.2, -0.15) is 5.26 Å². The molecule has 0 fully saturated rings. The average Bonchev–Trinajstić information content (AvgIpc) is 2.64. The molecule has 0 atom stereocenters. The normalized spacial score (nSPS) is 11.0. The zero-order valence-corrected chi connectivity index (χ0v) is 14.4. The first-order valence-electron chi connectivity index (χ1n) is 8.17. The highest BCUT2D eigenvalue weighted by Crippen LogP contribution is 2.16. The van der Waals surface area contributed by atoms with E-state index in [1.165, 1.54) is 11.6 Å². The molecular weight excluding hydrogens is 314 g/mol. The van der Waals surface area contributed by atoms with Crippen molar-refractivity contribution in [3.8, 4) is 11.8 Å². The van der Waals surface area contributed by atoms with Gasteiger partial charge in [-0.05, 0) is 35.3 Å². The van der Waals surface area contributed by atoms with Crippen LogP contribution in [-0.4, -0.2) is 19.2 Å². The monoisotopic (exact) mass is 335 g/mol. The minimum atomic E-state index is -0.646. The Morgan fingerprint density at radius 1 is 1.08 bits per heavy atom. The molecule has 0 aromatic heterocycles. The van der Waals surface area contributed by atoms with Gasteiger partial charge in [0.2, 0.25) is 0 Å². The van der Waals surface area contributed by atoms with Crippen LogP contribution in [0.1, 0.15) is 30.9 Å². The zero-order valence-electron chi connectivity index (χ0n) is 14.4. The Bertz CT molecular complexity index is 756. The van der Waals surface area contributed by atoms with E-state index in [1.807, 2.05) is 60.7 Å². The van der Waals surface area contributed by atoms with E-state index in [0.29, 0.717) is 11.7 Å². The van der Waals surface area contributed by atoms with E-state index >= 15 is 0 Å². The summed E-state index contributed by atoms with van der Waals surface area (Å²) in [5.41, 5.74) is 1.96. The largest absolute Gasteiger partial charge is 0.490 e. The van der Waals surface area contributed by atoms with Gasteiger partial charge in [-0.25, -0.2) is 4.79 Å². The highest BCUT2D eigenvalue weighted by atomic mass is 16.6. The summed E-state index contributed by atoms with van der Waals surface area (Å²) < 4.78 is 10.5. The molecule has 0 spiro atoms. The third-order valence-corrected chi connectivity index (χ3v) is 3.58. The van der Waals surface area contributed by atoms with E-state index in [2.05, 4.69) is 13.8 Å². The molecule has 0 saturated carbocycles. The number of benzene rings is 2. The summed E-state index contributed by atoms with van der Waals surface area (Å²) in [5, 5.41) is 9.18. The molecular formula is C21H21NO3. The van der Waals surface area contributed by atoms with Gasteiger partial charge >= 0.3 is 5.97 Å². The van der Waals surface area contributed by atoms with E-state index in [1.54, 1.807) is 0 Å². The van der Waals surface area contributed by atoms with Crippen LogP contribution in [0.5, 0.6) is 5.75 Å². The van der Waals surface area contributed by atoms with Crippen molar-refractivity contribution < 1.29 is 14.3 Å². The number of carbonyl (C=O) groups is 1. The fourth-order valence-corrected chi connectivity index (χ4v) is 2.17. The van der Waals surface area contributed by atoms with Crippen molar-refractivity contribution in [2.24, 2.45) is 0 Å². The van der Waals surface area contributed by atoms with Gasteiger partial charge in [-0.3, -0.25) is 0 Å². The van der Waals surface area contributed by atoms with Crippen LogP contribution in [0.25, 0.3) is 6.08 Å². The molecule has 4 heteroatoms. The molecule has 0 saturated heterocycles. The van der Waals surface area contributed by atoms with Gasteiger partial charge in [0.05, 0.1) is 0 Å². The van der Waals surface area contributed by atoms with Crippen LogP contribution < -0.4 is 4.74 Å². The Morgan fingerprint density at radius 2 is 1.76 bits per heavy atom. The smallest absolute Gasteiger partial charge is 0.349 e. The Labute approximate surface area is 148 Å². The summed E-state index contributed by atoms with van der Waals surface area (Å²) >= 11 is 0. The van der Waals surface area contributed by atoms with Crippen LogP contribution in [0, 0.1) is 11.3 Å². The summed E-state index contributed by atoms with van der Waals surface area (Å²) in [6.45, 7) is 4.54. The lowest BCUT2D eigenvalue weighted by Gasteiger charge is -2.07. The first-order chi connectivity index (χ1) is 12.1. The molecule has 0 heterocycles. The first-order valence-corrected chi connectivity index (χ1v) is 8.17. The molecule has 0 aliphatic carbocycles. The minimum Gasteiger partial charge on any atom is -0.490 e. The van der Waals surface area contributed by atoms with Crippen molar-refractivity contribution in [1.82, 2.24) is 0 Å². The molecule has 0 aliphatic rings. The van der Waals surface area contributed by atoms with Crippen molar-refractivity contribution >= 4 is 12.0 Å². The molecule has 0 amide bonds. The SMILES string of the molecule is CC(C)c1ccc(/C=C(\C#N)C(=O)OCCOc2ccccc2)cc1. The van der Waals surface area contributed by atoms with Crippen LogP contribution >= 0.6 is 0 Å². The van der Waals surface area contributed by atoms with Crippen molar-refractivity contribution in [2.45, 2.75) is 19.8 Å². The number of ether oxygens (including phenoxy) is 2. The van der Waals surface area contributed by atoms with Crippen LogP contribution in [0.3, 0.4) is 0 Å². The van der Waals surface area contributed by atoms with E-state index < -0.39 is 5.97 Å². The van der Waals surface area contributed by atoms with E-state index in [9.17, 15) is 10.1 Å². The van der Waals surface area contributed by atoms with Gasteiger partial charge in [0, 0.05) is 0 Å². The van der Waals surface area contributed by atoms with Crippen molar-refractivity contribution in [3.05, 3.63) is 71.3 Å². The van der Waals surface area contributed by atoms with Gasteiger partial charge in [-0.1, -0.05) is 56.3 Å². The third kappa shape index (κ3) is 5.82. The molecule has 0 N–H and O–H groups in total. The predicted molar refractivity (Wildman–Crippen MR) is 97.0 cm³/mol. The van der Waals surface area contributed by atoms with Crippen LogP contribution in [0.4, 0.5) is 0 Å². The Hall–Kier alpha value is -3.06. The van der Waals surface area contributed by atoms with Crippen molar-refractivity contribution in [3.63, 3.8) is 0 Å². The molecule has 128 valence electrons. The van der Waals surface area contributed by atoms with Crippen LogP contribution in [0.2, 0.25) is 0 Å². The summed E-state index contributed by atoms with van der Waals surface area (Å²) in [7, 11) is 0. The van der Waals surface area contributed by atoms with Gasteiger partial charge in [0.25, 0.3) is 0 Å². The fourth-order valence-electron chi connectivity index (χ4n) is 2.17. The van der Waals surface area contributed by atoms with Crippen LogP contribution in [0.15, 0.2) is 60.2 Å². The quantitative estimate of drug-likeness (QED) is 0.327. The molecule has 0 bridgehead atoms. The predicted octanol–water partition coefficient (Wildman–Crippen LogP) is 4.34. The summed E-state index contributed by atoms with van der Waals surface area (Å²) in [6.07, 6.45) is 1.53. The van der Waals surface area contributed by atoms with Gasteiger partial charge in [-0.15, -0.1) is 0 Å². The number of rotatable bonds is 7. The first kappa shape index (κ1) is 18.3. The standard InChI is InChI=1S/C21H21NO3/c1-16(2)18-10-8-17(9-11-18)14-19(15-22)21(23)25-13-12-24-20-6-4-3-5-7-20/h3-11,14,16H,12-13H2,1-2H3/b19-14+. The molecule has 25 heavy (non-hydrogen) atoms. The molecule has 2 aromatic carbocycles. The second-order valence-electron chi connectivity index (χ2n) is 5.79. The van der Waals surface area contributed by atoms with Crippen molar-refractivity contribution in [1.29, 1.82) is 5.26 Å². The summed E-state index contributed by atoms with van der Waals surface area (Å²) in [4.78, 5) is 12.0. The summed E-state index contributed by atoms with van der Waals surface area (Å²) in [6, 6.07) is 18.9. The highest BCUT2D eigenvalue weighted by Gasteiger charge is 2.11. The fraction of sp³-hybridized carbons (Fsp3) is 0.238.